The van der Waals surface area contributed by atoms with Gasteiger partial charge in [0.1, 0.15) is 0 Å². The summed E-state index contributed by atoms with van der Waals surface area (Å²) in [6.45, 7) is 5.25. The number of urea groups is 1. The Bertz CT molecular complexity index is 551. The highest BCUT2D eigenvalue weighted by Crippen LogP contribution is 2.20. The van der Waals surface area contributed by atoms with Gasteiger partial charge in [-0.1, -0.05) is 12.1 Å². The van der Waals surface area contributed by atoms with Gasteiger partial charge in [-0.3, -0.25) is 4.79 Å². The third-order valence-electron chi connectivity index (χ3n) is 4.02. The van der Waals surface area contributed by atoms with Crippen LogP contribution in [0, 0.1) is 0 Å². The fraction of sp³-hybridized carbons (Fsp3) is 0.529. The maximum Gasteiger partial charge on any atom is 0.319 e. The monoisotopic (exact) mass is 318 g/mol. The molecule has 3 N–H and O–H groups in total. The molecule has 0 unspecified atom stereocenters. The molecule has 1 aromatic carbocycles. The van der Waals surface area contributed by atoms with Crippen LogP contribution in [0.15, 0.2) is 24.3 Å². The van der Waals surface area contributed by atoms with E-state index in [1.165, 1.54) is 0 Å². The SMILES string of the molecule is CNC1CCN(C(=O)c2ccccc2NC(=O)NC(C)C)CC1. The Hall–Kier alpha value is -2.08. The number of amides is 3. The van der Waals surface area contributed by atoms with Gasteiger partial charge in [0.25, 0.3) is 5.91 Å². The summed E-state index contributed by atoms with van der Waals surface area (Å²) < 4.78 is 0. The smallest absolute Gasteiger partial charge is 0.319 e. The minimum absolute atomic E-state index is 0.0278. The maximum absolute atomic E-state index is 12.8. The number of anilines is 1. The number of nitrogens with zero attached hydrogens (tertiary/aromatic N) is 1. The van der Waals surface area contributed by atoms with E-state index in [4.69, 9.17) is 0 Å². The lowest BCUT2D eigenvalue weighted by molar-refractivity contribution is 0.0708. The van der Waals surface area contributed by atoms with Crippen molar-refractivity contribution in [2.24, 2.45) is 0 Å². The van der Waals surface area contributed by atoms with Gasteiger partial charge in [0.2, 0.25) is 0 Å². The predicted molar refractivity (Wildman–Crippen MR) is 91.7 cm³/mol. The summed E-state index contributed by atoms with van der Waals surface area (Å²) in [5.74, 6) is -0.0278. The van der Waals surface area contributed by atoms with Crippen LogP contribution in [0.2, 0.25) is 0 Å². The zero-order valence-corrected chi connectivity index (χ0v) is 14.1. The summed E-state index contributed by atoms with van der Waals surface area (Å²) in [6, 6.07) is 7.37. The van der Waals surface area contributed by atoms with Crippen LogP contribution < -0.4 is 16.0 Å². The van der Waals surface area contributed by atoms with Crippen molar-refractivity contribution in [2.45, 2.75) is 38.8 Å². The van der Waals surface area contributed by atoms with E-state index in [1.807, 2.05) is 37.9 Å². The van der Waals surface area contributed by atoms with Crippen LogP contribution in [0.25, 0.3) is 0 Å². The van der Waals surface area contributed by atoms with Crippen LogP contribution in [-0.2, 0) is 0 Å². The molecule has 0 atom stereocenters. The van der Waals surface area contributed by atoms with Gasteiger partial charge < -0.3 is 20.9 Å². The van der Waals surface area contributed by atoms with E-state index in [0.717, 1.165) is 25.9 Å². The minimum atomic E-state index is -0.297. The van der Waals surface area contributed by atoms with Crippen molar-refractivity contribution in [2.75, 3.05) is 25.5 Å². The standard InChI is InChI=1S/C17H26N4O2/c1-12(2)19-17(23)20-15-7-5-4-6-14(15)16(22)21-10-8-13(18-3)9-11-21/h4-7,12-13,18H,8-11H2,1-3H3,(H2,19,20,23). The Labute approximate surface area is 137 Å². The second kappa shape index (κ2) is 7.97. The average molecular weight is 318 g/mol. The highest BCUT2D eigenvalue weighted by Gasteiger charge is 2.24. The van der Waals surface area contributed by atoms with Crippen molar-refractivity contribution in [3.8, 4) is 0 Å². The molecule has 1 fully saturated rings. The van der Waals surface area contributed by atoms with E-state index in [9.17, 15) is 9.59 Å². The number of piperidine rings is 1. The fourth-order valence-corrected chi connectivity index (χ4v) is 2.74. The van der Waals surface area contributed by atoms with Crippen molar-refractivity contribution in [1.29, 1.82) is 0 Å². The second-order valence-electron chi connectivity index (χ2n) is 6.15. The summed E-state index contributed by atoms with van der Waals surface area (Å²) in [5, 5.41) is 8.79. The van der Waals surface area contributed by atoms with Crippen LogP contribution >= 0.6 is 0 Å². The van der Waals surface area contributed by atoms with Gasteiger partial charge >= 0.3 is 6.03 Å². The van der Waals surface area contributed by atoms with Crippen molar-refractivity contribution < 1.29 is 9.59 Å². The summed E-state index contributed by atoms with van der Waals surface area (Å²) in [7, 11) is 1.95. The molecule has 0 spiro atoms. The molecule has 3 amide bonds. The molecule has 1 aliphatic heterocycles. The Balaban J connectivity index is 2.07. The molecule has 23 heavy (non-hydrogen) atoms. The molecule has 6 nitrogen and oxygen atoms in total. The molecule has 0 bridgehead atoms. The number of carbonyl (C=O) groups excluding carboxylic acids is 2. The van der Waals surface area contributed by atoms with Crippen LogP contribution in [0.1, 0.15) is 37.0 Å². The lowest BCUT2D eigenvalue weighted by Gasteiger charge is -2.32. The molecule has 0 saturated carbocycles. The predicted octanol–water partition coefficient (Wildman–Crippen LogP) is 2.04. The highest BCUT2D eigenvalue weighted by molar-refractivity contribution is 6.03. The van der Waals surface area contributed by atoms with Gasteiger partial charge in [-0.15, -0.1) is 0 Å². The van der Waals surface area contributed by atoms with Crippen LogP contribution in [0.3, 0.4) is 0 Å². The third kappa shape index (κ3) is 4.69. The normalized spacial score (nSPS) is 15.6. The van der Waals surface area contributed by atoms with Crippen LogP contribution in [0.4, 0.5) is 10.5 Å². The summed E-state index contributed by atoms with van der Waals surface area (Å²) in [6.07, 6.45) is 1.90. The number of rotatable bonds is 4. The number of benzene rings is 1. The van der Waals surface area contributed by atoms with E-state index >= 15 is 0 Å². The number of para-hydroxylation sites is 1. The first-order valence-corrected chi connectivity index (χ1v) is 8.14. The largest absolute Gasteiger partial charge is 0.338 e. The van der Waals surface area contributed by atoms with Crippen LogP contribution in [0.5, 0.6) is 0 Å². The van der Waals surface area contributed by atoms with Gasteiger partial charge in [-0.05, 0) is 45.9 Å². The molecule has 1 heterocycles. The van der Waals surface area contributed by atoms with E-state index in [-0.39, 0.29) is 18.0 Å². The molecule has 126 valence electrons. The zero-order chi connectivity index (χ0) is 16.8. The topological polar surface area (TPSA) is 73.5 Å². The Morgan fingerprint density at radius 2 is 1.83 bits per heavy atom. The van der Waals surface area contributed by atoms with Crippen molar-refractivity contribution >= 4 is 17.6 Å². The van der Waals surface area contributed by atoms with Gasteiger partial charge in [0, 0.05) is 25.2 Å². The summed E-state index contributed by atoms with van der Waals surface area (Å²) in [5.41, 5.74) is 1.08. The van der Waals surface area contributed by atoms with Crippen molar-refractivity contribution in [3.63, 3.8) is 0 Å². The summed E-state index contributed by atoms with van der Waals surface area (Å²) >= 11 is 0. The molecule has 1 aromatic rings. The average Bonchev–Trinajstić information content (AvgIpc) is 2.54. The zero-order valence-electron chi connectivity index (χ0n) is 14.1. The summed E-state index contributed by atoms with van der Waals surface area (Å²) in [4.78, 5) is 26.5. The molecule has 2 rings (SSSR count). The third-order valence-corrected chi connectivity index (χ3v) is 4.02. The van der Waals surface area contributed by atoms with Crippen LogP contribution in [-0.4, -0.2) is 49.1 Å². The minimum Gasteiger partial charge on any atom is -0.338 e. The first-order chi connectivity index (χ1) is 11.0. The van der Waals surface area contributed by atoms with Crippen molar-refractivity contribution in [3.05, 3.63) is 29.8 Å². The molecule has 0 aromatic heterocycles. The number of likely N-dealkylation sites (tertiary alicyclic amines) is 1. The fourth-order valence-electron chi connectivity index (χ4n) is 2.74. The quantitative estimate of drug-likeness (QED) is 0.795. The highest BCUT2D eigenvalue weighted by atomic mass is 16.2. The Morgan fingerprint density at radius 1 is 1.17 bits per heavy atom. The molecular weight excluding hydrogens is 292 g/mol. The molecule has 1 saturated heterocycles. The molecule has 6 heteroatoms. The number of hydrogen-bond acceptors (Lipinski definition) is 3. The van der Waals surface area contributed by atoms with Gasteiger partial charge in [0.05, 0.1) is 11.3 Å². The molecule has 0 aliphatic carbocycles. The van der Waals surface area contributed by atoms with E-state index in [1.54, 1.807) is 12.1 Å². The van der Waals surface area contributed by atoms with Gasteiger partial charge in [-0.2, -0.15) is 0 Å². The number of carbonyl (C=O) groups is 2. The van der Waals surface area contributed by atoms with Crippen molar-refractivity contribution in [1.82, 2.24) is 15.5 Å². The Morgan fingerprint density at radius 3 is 2.43 bits per heavy atom. The maximum atomic E-state index is 12.8. The van der Waals surface area contributed by atoms with E-state index in [0.29, 0.717) is 17.3 Å². The van der Waals surface area contributed by atoms with E-state index < -0.39 is 0 Å². The van der Waals surface area contributed by atoms with Gasteiger partial charge in [0.15, 0.2) is 0 Å². The number of hydrogen-bond donors (Lipinski definition) is 3. The molecule has 1 aliphatic rings. The number of nitrogens with one attached hydrogen (secondary N) is 3. The molecular formula is C17H26N4O2. The first-order valence-electron chi connectivity index (χ1n) is 8.14. The first kappa shape index (κ1) is 17.3. The van der Waals surface area contributed by atoms with Gasteiger partial charge in [-0.25, -0.2) is 4.79 Å². The second-order valence-corrected chi connectivity index (χ2v) is 6.15. The lowest BCUT2D eigenvalue weighted by Crippen LogP contribution is -2.44. The molecule has 0 radical (unpaired) electrons. The Kier molecular flexibility index (Phi) is 5.98. The lowest BCUT2D eigenvalue weighted by atomic mass is 10.0. The van der Waals surface area contributed by atoms with E-state index in [2.05, 4.69) is 16.0 Å².